The maximum absolute atomic E-state index is 13.1. The van der Waals surface area contributed by atoms with Crippen molar-refractivity contribution < 1.29 is 18.0 Å². The van der Waals surface area contributed by atoms with E-state index in [1.807, 2.05) is 31.2 Å². The fourth-order valence-electron chi connectivity index (χ4n) is 4.26. The number of carbonyl (C=O) groups excluding carboxylic acids is 1. The quantitative estimate of drug-likeness (QED) is 0.661. The maximum Gasteiger partial charge on any atom is 0.416 e. The van der Waals surface area contributed by atoms with Crippen molar-refractivity contribution in [1.82, 2.24) is 0 Å². The van der Waals surface area contributed by atoms with Crippen molar-refractivity contribution in [2.75, 3.05) is 0 Å². The summed E-state index contributed by atoms with van der Waals surface area (Å²) in [7, 11) is 0. The Hall–Kier alpha value is -2.10. The van der Waals surface area contributed by atoms with Crippen molar-refractivity contribution in [3.05, 3.63) is 59.2 Å². The Morgan fingerprint density at radius 3 is 2.57 bits per heavy atom. The lowest BCUT2D eigenvalue weighted by molar-refractivity contribution is -0.137. The number of fused-ring (bicyclic) bond motifs is 6. The average Bonchev–Trinajstić information content (AvgIpc) is 2.83. The number of benzene rings is 2. The zero-order valence-corrected chi connectivity index (χ0v) is 12.6. The first-order chi connectivity index (χ1) is 10.8. The second-order valence-electron chi connectivity index (χ2n) is 6.56. The van der Waals surface area contributed by atoms with Crippen LogP contribution in [0.25, 0.3) is 11.1 Å². The predicted molar refractivity (Wildman–Crippen MR) is 81.2 cm³/mol. The summed E-state index contributed by atoms with van der Waals surface area (Å²) in [5.74, 6) is 0.174. The summed E-state index contributed by atoms with van der Waals surface area (Å²) < 4.78 is 39.3. The Kier molecular flexibility index (Phi) is 2.81. The van der Waals surface area contributed by atoms with Gasteiger partial charge in [0.15, 0.2) is 0 Å². The SMILES string of the molecule is C[C@]12C(=O)CC[C@@H]1c1ccccc1-c1cc(C(F)(F)F)ccc12. The van der Waals surface area contributed by atoms with Crippen LogP contribution in [-0.2, 0) is 16.4 Å². The molecule has 1 nitrogen and oxygen atoms in total. The molecule has 1 saturated carbocycles. The zero-order chi connectivity index (χ0) is 16.4. The summed E-state index contributed by atoms with van der Waals surface area (Å²) in [4.78, 5) is 12.6. The van der Waals surface area contributed by atoms with Gasteiger partial charge in [-0.25, -0.2) is 0 Å². The van der Waals surface area contributed by atoms with Crippen molar-refractivity contribution >= 4 is 5.78 Å². The van der Waals surface area contributed by atoms with Crippen LogP contribution < -0.4 is 0 Å². The molecule has 0 saturated heterocycles. The second kappa shape index (κ2) is 4.47. The summed E-state index contributed by atoms with van der Waals surface area (Å²) in [6.07, 6.45) is -3.15. The topological polar surface area (TPSA) is 17.1 Å². The molecule has 2 aliphatic carbocycles. The Morgan fingerprint density at radius 1 is 1.09 bits per heavy atom. The Labute approximate surface area is 132 Å². The molecule has 0 radical (unpaired) electrons. The van der Waals surface area contributed by atoms with Crippen molar-refractivity contribution in [3.8, 4) is 11.1 Å². The number of halogens is 3. The molecule has 0 heterocycles. The van der Waals surface area contributed by atoms with Gasteiger partial charge in [0.2, 0.25) is 0 Å². The zero-order valence-electron chi connectivity index (χ0n) is 12.6. The Balaban J connectivity index is 2.05. The molecular formula is C19H15F3O. The molecule has 2 aromatic rings. The van der Waals surface area contributed by atoms with E-state index in [1.54, 1.807) is 0 Å². The summed E-state index contributed by atoms with van der Waals surface area (Å²) in [6, 6.07) is 11.3. The van der Waals surface area contributed by atoms with Gasteiger partial charge in [0, 0.05) is 12.3 Å². The van der Waals surface area contributed by atoms with Crippen LogP contribution in [0.15, 0.2) is 42.5 Å². The van der Waals surface area contributed by atoms with Crippen LogP contribution in [0.1, 0.15) is 42.4 Å². The van der Waals surface area contributed by atoms with Gasteiger partial charge in [0.25, 0.3) is 0 Å². The molecule has 0 spiro atoms. The summed E-state index contributed by atoms with van der Waals surface area (Å²) in [6.45, 7) is 1.88. The summed E-state index contributed by atoms with van der Waals surface area (Å²) >= 11 is 0. The molecule has 0 bridgehead atoms. The molecule has 0 aliphatic heterocycles. The van der Waals surface area contributed by atoms with Gasteiger partial charge in [-0.05, 0) is 47.7 Å². The molecule has 0 N–H and O–H groups in total. The highest BCUT2D eigenvalue weighted by Gasteiger charge is 2.52. The van der Waals surface area contributed by atoms with Crippen LogP contribution >= 0.6 is 0 Å². The monoisotopic (exact) mass is 316 g/mol. The van der Waals surface area contributed by atoms with E-state index < -0.39 is 17.2 Å². The van der Waals surface area contributed by atoms with Crippen molar-refractivity contribution in [2.45, 2.75) is 37.3 Å². The van der Waals surface area contributed by atoms with Crippen LogP contribution in [0, 0.1) is 0 Å². The minimum Gasteiger partial charge on any atom is -0.299 e. The fourth-order valence-corrected chi connectivity index (χ4v) is 4.26. The number of ketones is 1. The van der Waals surface area contributed by atoms with E-state index in [2.05, 4.69) is 0 Å². The highest BCUT2D eigenvalue weighted by molar-refractivity contribution is 5.98. The first-order valence-corrected chi connectivity index (χ1v) is 7.68. The molecule has 0 aromatic heterocycles. The number of hydrogen-bond acceptors (Lipinski definition) is 1. The van der Waals surface area contributed by atoms with Crippen molar-refractivity contribution in [2.24, 2.45) is 0 Å². The van der Waals surface area contributed by atoms with E-state index in [4.69, 9.17) is 0 Å². The number of rotatable bonds is 0. The lowest BCUT2D eigenvalue weighted by atomic mass is 9.63. The highest BCUT2D eigenvalue weighted by Crippen LogP contribution is 2.57. The van der Waals surface area contributed by atoms with Gasteiger partial charge >= 0.3 is 6.18 Å². The van der Waals surface area contributed by atoms with Crippen LogP contribution in [0.2, 0.25) is 0 Å². The highest BCUT2D eigenvalue weighted by atomic mass is 19.4. The van der Waals surface area contributed by atoms with Crippen molar-refractivity contribution in [3.63, 3.8) is 0 Å². The minimum absolute atomic E-state index is 0.0513. The molecule has 1 fully saturated rings. The molecular weight excluding hydrogens is 301 g/mol. The van der Waals surface area contributed by atoms with Gasteiger partial charge in [-0.1, -0.05) is 30.3 Å². The van der Waals surface area contributed by atoms with E-state index in [9.17, 15) is 18.0 Å². The second-order valence-corrected chi connectivity index (χ2v) is 6.56. The molecule has 2 aromatic carbocycles. The van der Waals surface area contributed by atoms with E-state index in [1.165, 1.54) is 12.1 Å². The number of alkyl halides is 3. The Bertz CT molecular complexity index is 822. The maximum atomic E-state index is 13.1. The molecule has 2 aliphatic rings. The molecule has 0 amide bonds. The first kappa shape index (κ1) is 14.5. The largest absolute Gasteiger partial charge is 0.416 e. The van der Waals surface area contributed by atoms with Crippen LogP contribution in [0.5, 0.6) is 0 Å². The van der Waals surface area contributed by atoms with Crippen LogP contribution in [0.4, 0.5) is 13.2 Å². The Morgan fingerprint density at radius 2 is 1.83 bits per heavy atom. The minimum atomic E-state index is -4.39. The van der Waals surface area contributed by atoms with Crippen LogP contribution in [0.3, 0.4) is 0 Å². The van der Waals surface area contributed by atoms with Gasteiger partial charge in [-0.15, -0.1) is 0 Å². The van der Waals surface area contributed by atoms with Gasteiger partial charge in [-0.3, -0.25) is 4.79 Å². The normalized spacial score (nSPS) is 25.7. The molecule has 2 atom stereocenters. The molecule has 0 unspecified atom stereocenters. The predicted octanol–water partition coefficient (Wildman–Crippen LogP) is 5.09. The van der Waals surface area contributed by atoms with E-state index in [0.29, 0.717) is 12.0 Å². The fraction of sp³-hybridized carbons (Fsp3) is 0.316. The standard InChI is InChI=1S/C19H15F3O/c1-18-15(8-9-17(18)23)13-5-3-2-4-12(13)14-10-11(19(20,21)22)6-7-16(14)18/h2-7,10,15H,8-9H2,1H3/t15-,18+/m1/s1. The third-order valence-corrected chi connectivity index (χ3v) is 5.47. The molecule has 4 rings (SSSR count). The van der Waals surface area contributed by atoms with E-state index in [0.717, 1.165) is 29.2 Å². The average molecular weight is 316 g/mol. The number of Topliss-reactive ketones (excluding diaryl/α,β-unsaturated/α-hetero) is 1. The first-order valence-electron chi connectivity index (χ1n) is 7.68. The van der Waals surface area contributed by atoms with Gasteiger partial charge in [-0.2, -0.15) is 13.2 Å². The van der Waals surface area contributed by atoms with Gasteiger partial charge in [0.1, 0.15) is 5.78 Å². The third kappa shape index (κ3) is 1.84. The summed E-state index contributed by atoms with van der Waals surface area (Å²) in [5, 5.41) is 0. The van der Waals surface area contributed by atoms with Gasteiger partial charge in [0.05, 0.1) is 11.0 Å². The van der Waals surface area contributed by atoms with Crippen molar-refractivity contribution in [1.29, 1.82) is 0 Å². The van der Waals surface area contributed by atoms with E-state index >= 15 is 0 Å². The molecule has 4 heteroatoms. The smallest absolute Gasteiger partial charge is 0.299 e. The number of hydrogen-bond donors (Lipinski definition) is 0. The molecule has 118 valence electrons. The summed E-state index contributed by atoms with van der Waals surface area (Å²) in [5.41, 5.74) is 1.71. The van der Waals surface area contributed by atoms with Crippen LogP contribution in [-0.4, -0.2) is 5.78 Å². The molecule has 23 heavy (non-hydrogen) atoms. The lowest BCUT2D eigenvalue weighted by Crippen LogP contribution is -2.36. The van der Waals surface area contributed by atoms with Gasteiger partial charge < -0.3 is 0 Å². The lowest BCUT2D eigenvalue weighted by Gasteiger charge is -2.38. The number of carbonyl (C=O) groups is 1. The van der Waals surface area contributed by atoms with E-state index in [-0.39, 0.29) is 11.7 Å². The third-order valence-electron chi connectivity index (χ3n) is 5.47.